The number of hydrogen-bond donors (Lipinski definition) is 1. The summed E-state index contributed by atoms with van der Waals surface area (Å²) in [7, 11) is 0. The van der Waals surface area contributed by atoms with Crippen molar-refractivity contribution in [1.29, 1.82) is 0 Å². The highest BCUT2D eigenvalue weighted by Gasteiger charge is 2.05. The number of anilines is 1. The number of fused-ring (bicyclic) bond motifs is 1. The summed E-state index contributed by atoms with van der Waals surface area (Å²) in [6.45, 7) is 1.40. The third-order valence-electron chi connectivity index (χ3n) is 4.00. The van der Waals surface area contributed by atoms with Gasteiger partial charge in [0.1, 0.15) is 18.0 Å². The Bertz CT molecular complexity index is 981. The topological polar surface area (TPSA) is 55.6 Å². The summed E-state index contributed by atoms with van der Waals surface area (Å²) in [6, 6.07) is 12.8. The molecule has 0 fully saturated rings. The molecule has 0 radical (unpaired) electrons. The van der Waals surface area contributed by atoms with Crippen molar-refractivity contribution in [2.45, 2.75) is 13.1 Å². The van der Waals surface area contributed by atoms with Crippen LogP contribution in [-0.2, 0) is 13.1 Å². The van der Waals surface area contributed by atoms with Crippen LogP contribution in [0.2, 0.25) is 0 Å². The van der Waals surface area contributed by atoms with Crippen molar-refractivity contribution in [2.24, 2.45) is 0 Å². The van der Waals surface area contributed by atoms with Gasteiger partial charge < -0.3 is 9.88 Å². The van der Waals surface area contributed by atoms with Crippen molar-refractivity contribution in [3.8, 4) is 0 Å². The predicted octanol–water partition coefficient (Wildman–Crippen LogP) is 3.63. The minimum Gasteiger partial charge on any atom is -0.365 e. The molecular formula is C19H16FN5. The summed E-state index contributed by atoms with van der Waals surface area (Å²) in [5.74, 6) is 0.334. The van der Waals surface area contributed by atoms with Crippen LogP contribution >= 0.6 is 0 Å². The molecule has 2 aromatic carbocycles. The van der Waals surface area contributed by atoms with Gasteiger partial charge in [-0.1, -0.05) is 24.3 Å². The molecule has 4 rings (SSSR count). The molecule has 2 aromatic heterocycles. The zero-order chi connectivity index (χ0) is 17.1. The third kappa shape index (κ3) is 3.47. The molecule has 0 saturated carbocycles. The zero-order valence-corrected chi connectivity index (χ0v) is 13.4. The molecule has 0 spiro atoms. The fourth-order valence-corrected chi connectivity index (χ4v) is 2.71. The molecule has 25 heavy (non-hydrogen) atoms. The largest absolute Gasteiger partial charge is 0.365 e. The minimum atomic E-state index is -0.297. The molecule has 0 aliphatic rings. The van der Waals surface area contributed by atoms with E-state index in [0.717, 1.165) is 17.6 Å². The molecule has 1 N–H and O–H groups in total. The number of imidazole rings is 1. The van der Waals surface area contributed by atoms with E-state index < -0.39 is 0 Å². The Labute approximate surface area is 144 Å². The van der Waals surface area contributed by atoms with Gasteiger partial charge in [0, 0.05) is 30.9 Å². The number of hydrogen-bond acceptors (Lipinski definition) is 4. The zero-order valence-electron chi connectivity index (χ0n) is 13.4. The van der Waals surface area contributed by atoms with E-state index in [1.165, 1.54) is 24.0 Å². The lowest BCUT2D eigenvalue weighted by Crippen LogP contribution is -2.03. The van der Waals surface area contributed by atoms with Gasteiger partial charge in [0.25, 0.3) is 0 Å². The first-order valence-corrected chi connectivity index (χ1v) is 7.96. The standard InChI is InChI=1S/C19H16FN5/c20-16-5-6-18-17(9-16)19(24-12-23-18)22-10-14-1-3-15(4-2-14)11-25-8-7-21-13-25/h1-9,12-13H,10-11H2,(H,22,23,24). The maximum atomic E-state index is 13.5. The number of rotatable bonds is 5. The van der Waals surface area contributed by atoms with Crippen LogP contribution in [0.15, 0.2) is 67.5 Å². The van der Waals surface area contributed by atoms with E-state index in [1.54, 1.807) is 18.6 Å². The molecule has 5 nitrogen and oxygen atoms in total. The second-order valence-corrected chi connectivity index (χ2v) is 5.79. The number of halogens is 1. The Morgan fingerprint density at radius 3 is 2.64 bits per heavy atom. The lowest BCUT2D eigenvalue weighted by molar-refractivity contribution is 0.629. The first kappa shape index (κ1) is 15.3. The molecule has 0 saturated heterocycles. The van der Waals surface area contributed by atoms with Gasteiger partial charge >= 0.3 is 0 Å². The van der Waals surface area contributed by atoms with Crippen molar-refractivity contribution in [2.75, 3.05) is 5.32 Å². The van der Waals surface area contributed by atoms with Crippen molar-refractivity contribution >= 4 is 16.7 Å². The van der Waals surface area contributed by atoms with Crippen LogP contribution in [0.1, 0.15) is 11.1 Å². The molecule has 0 bridgehead atoms. The molecule has 0 aliphatic carbocycles. The van der Waals surface area contributed by atoms with Gasteiger partial charge in [0.05, 0.1) is 11.8 Å². The predicted molar refractivity (Wildman–Crippen MR) is 94.6 cm³/mol. The molecule has 124 valence electrons. The van der Waals surface area contributed by atoms with Crippen LogP contribution in [0.5, 0.6) is 0 Å². The van der Waals surface area contributed by atoms with Gasteiger partial charge in [-0.15, -0.1) is 0 Å². The molecule has 0 amide bonds. The number of benzene rings is 2. The molecule has 6 heteroatoms. The van der Waals surface area contributed by atoms with Gasteiger partial charge in [-0.25, -0.2) is 19.3 Å². The van der Waals surface area contributed by atoms with Gasteiger partial charge in [-0.3, -0.25) is 0 Å². The lowest BCUT2D eigenvalue weighted by atomic mass is 10.1. The first-order chi connectivity index (χ1) is 12.3. The van der Waals surface area contributed by atoms with Crippen molar-refractivity contribution < 1.29 is 4.39 Å². The molecule has 0 atom stereocenters. The summed E-state index contributed by atoms with van der Waals surface area (Å²) < 4.78 is 15.5. The van der Waals surface area contributed by atoms with E-state index in [0.29, 0.717) is 17.7 Å². The Hall–Kier alpha value is -3.28. The van der Waals surface area contributed by atoms with Crippen LogP contribution in [0.25, 0.3) is 10.9 Å². The van der Waals surface area contributed by atoms with E-state index in [-0.39, 0.29) is 5.82 Å². The molecule has 0 unspecified atom stereocenters. The Kier molecular flexibility index (Phi) is 4.08. The third-order valence-corrected chi connectivity index (χ3v) is 4.00. The second-order valence-electron chi connectivity index (χ2n) is 5.79. The average Bonchev–Trinajstić information content (AvgIpc) is 3.14. The minimum absolute atomic E-state index is 0.297. The number of nitrogens with one attached hydrogen (secondary N) is 1. The highest BCUT2D eigenvalue weighted by Crippen LogP contribution is 2.20. The SMILES string of the molecule is Fc1ccc2ncnc(NCc3ccc(Cn4ccnc4)cc3)c2c1. The van der Waals surface area contributed by atoms with Crippen LogP contribution in [-0.4, -0.2) is 19.5 Å². The maximum absolute atomic E-state index is 13.5. The van der Waals surface area contributed by atoms with E-state index in [4.69, 9.17) is 0 Å². The van der Waals surface area contributed by atoms with Crippen molar-refractivity contribution in [3.05, 3.63) is 84.5 Å². The molecular weight excluding hydrogens is 317 g/mol. The Morgan fingerprint density at radius 1 is 1.00 bits per heavy atom. The normalized spacial score (nSPS) is 10.9. The maximum Gasteiger partial charge on any atom is 0.137 e. The van der Waals surface area contributed by atoms with E-state index in [9.17, 15) is 4.39 Å². The second kappa shape index (κ2) is 6.68. The van der Waals surface area contributed by atoms with Crippen LogP contribution in [0.3, 0.4) is 0 Å². The smallest absolute Gasteiger partial charge is 0.137 e. The summed E-state index contributed by atoms with van der Waals surface area (Å²) in [4.78, 5) is 12.4. The summed E-state index contributed by atoms with van der Waals surface area (Å²) in [5, 5.41) is 3.94. The Morgan fingerprint density at radius 2 is 1.84 bits per heavy atom. The van der Waals surface area contributed by atoms with Crippen molar-refractivity contribution in [3.63, 3.8) is 0 Å². The lowest BCUT2D eigenvalue weighted by Gasteiger charge is -2.09. The molecule has 4 aromatic rings. The van der Waals surface area contributed by atoms with E-state index in [2.05, 4.69) is 44.5 Å². The average molecular weight is 333 g/mol. The monoisotopic (exact) mass is 333 g/mol. The quantitative estimate of drug-likeness (QED) is 0.606. The van der Waals surface area contributed by atoms with E-state index in [1.807, 2.05) is 10.8 Å². The fourth-order valence-electron chi connectivity index (χ4n) is 2.71. The summed E-state index contributed by atoms with van der Waals surface area (Å²) in [5.41, 5.74) is 3.04. The van der Waals surface area contributed by atoms with Crippen LogP contribution in [0.4, 0.5) is 10.2 Å². The highest BCUT2D eigenvalue weighted by molar-refractivity contribution is 5.88. The molecule has 2 heterocycles. The van der Waals surface area contributed by atoms with Crippen LogP contribution in [0, 0.1) is 5.82 Å². The number of nitrogens with zero attached hydrogens (tertiary/aromatic N) is 4. The van der Waals surface area contributed by atoms with Gasteiger partial charge in [0.15, 0.2) is 0 Å². The summed E-state index contributed by atoms with van der Waals surface area (Å²) >= 11 is 0. The Balaban J connectivity index is 1.47. The summed E-state index contributed by atoms with van der Waals surface area (Å²) in [6.07, 6.45) is 6.99. The highest BCUT2D eigenvalue weighted by atomic mass is 19.1. The number of aromatic nitrogens is 4. The fraction of sp³-hybridized carbons (Fsp3) is 0.105. The van der Waals surface area contributed by atoms with Gasteiger partial charge in [-0.05, 0) is 29.3 Å². The van der Waals surface area contributed by atoms with E-state index >= 15 is 0 Å². The van der Waals surface area contributed by atoms with Crippen LogP contribution < -0.4 is 5.32 Å². The first-order valence-electron chi connectivity index (χ1n) is 7.96. The van der Waals surface area contributed by atoms with Gasteiger partial charge in [0.2, 0.25) is 0 Å². The van der Waals surface area contributed by atoms with Crippen molar-refractivity contribution in [1.82, 2.24) is 19.5 Å². The molecule has 0 aliphatic heterocycles. The van der Waals surface area contributed by atoms with Gasteiger partial charge in [-0.2, -0.15) is 0 Å².